The average Bonchev–Trinajstić information content (AvgIpc) is 3.45. The SMILES string of the molecule is CCCCCCCCCC(=O)OCC(COC(=O)CCCCCCCCC)OC(=O)OC[N+]1(C)CCN(C2=C3CC(C)SC3=Nc3ccccc3N2)CC1. The topological polar surface area (TPSA) is 116 Å². The third-order valence-corrected chi connectivity index (χ3v) is 11.6. The van der Waals surface area contributed by atoms with E-state index in [1.54, 1.807) is 0 Å². The van der Waals surface area contributed by atoms with Crippen LogP contribution in [-0.2, 0) is 28.5 Å². The minimum Gasteiger partial charge on any atom is -0.462 e. The molecular weight excluding hydrogens is 705 g/mol. The largest absolute Gasteiger partial charge is 0.513 e. The molecule has 1 aromatic rings. The van der Waals surface area contributed by atoms with Crippen molar-refractivity contribution in [2.24, 2.45) is 4.99 Å². The fraction of sp³-hybridized carbons (Fsp3) is 0.714. The number of unbranched alkanes of at least 4 members (excludes halogenated alkanes) is 12. The zero-order chi connectivity index (χ0) is 38.6. The number of hydrogen-bond donors (Lipinski definition) is 1. The summed E-state index contributed by atoms with van der Waals surface area (Å²) in [4.78, 5) is 45.4. The normalized spacial score (nSPS) is 17.6. The zero-order valence-corrected chi connectivity index (χ0v) is 34.4. The highest BCUT2D eigenvalue weighted by Gasteiger charge is 2.36. The number of carbonyl (C=O) groups is 3. The van der Waals surface area contributed by atoms with E-state index in [2.05, 4.69) is 44.1 Å². The van der Waals surface area contributed by atoms with Gasteiger partial charge in [0.15, 0.2) is 6.10 Å². The van der Waals surface area contributed by atoms with Gasteiger partial charge in [-0.1, -0.05) is 110 Å². The molecule has 1 atom stereocenters. The van der Waals surface area contributed by atoms with Crippen LogP contribution in [-0.4, -0.2) is 97.0 Å². The smallest absolute Gasteiger partial charge is 0.462 e. The number of likely N-dealkylation sites (N-methyl/N-ethyl adjacent to an activating group) is 1. The lowest BCUT2D eigenvalue weighted by atomic mass is 10.1. The Morgan fingerprint density at radius 1 is 0.833 bits per heavy atom. The van der Waals surface area contributed by atoms with Gasteiger partial charge in [0, 0.05) is 23.7 Å². The van der Waals surface area contributed by atoms with Crippen LogP contribution in [0.4, 0.5) is 16.2 Å². The van der Waals surface area contributed by atoms with E-state index in [0.717, 1.165) is 93.4 Å². The number of hydrogen-bond acceptors (Lipinski definition) is 11. The minimum atomic E-state index is -0.948. The standard InChI is InChI=1S/C42H67N4O7S/c1-5-7-9-11-13-15-17-23-38(47)50-30-34(31-51-39(48)24-18-16-14-12-10-8-6-2)53-42(49)52-32-46(4)27-25-45(26-28-46)40-35-29-33(3)54-41(35)44-37-22-20-19-21-36(37)43-40/h19-22,33-34,43H,5-18,23-32H2,1-4H3/q+1. The van der Waals surface area contributed by atoms with Gasteiger partial charge in [-0.2, -0.15) is 0 Å². The molecule has 0 amide bonds. The molecule has 302 valence electrons. The third kappa shape index (κ3) is 15.1. The molecule has 0 aliphatic carbocycles. The maximum Gasteiger partial charge on any atom is 0.513 e. The molecule has 2 fully saturated rings. The van der Waals surface area contributed by atoms with Crippen LogP contribution in [0, 0.1) is 0 Å². The minimum absolute atomic E-state index is 0.136. The number of thioether (sulfide) groups is 1. The molecule has 4 rings (SSSR count). The molecule has 3 aliphatic rings. The lowest BCUT2D eigenvalue weighted by molar-refractivity contribution is -0.929. The Bertz CT molecular complexity index is 1360. The molecular formula is C42H67N4O7S+. The predicted molar refractivity (Wildman–Crippen MR) is 217 cm³/mol. The van der Waals surface area contributed by atoms with E-state index in [1.807, 2.05) is 30.0 Å². The number of esters is 2. The summed E-state index contributed by atoms with van der Waals surface area (Å²) in [5.41, 5.74) is 3.22. The Balaban J connectivity index is 1.24. The summed E-state index contributed by atoms with van der Waals surface area (Å²) < 4.78 is 22.8. The van der Waals surface area contributed by atoms with Gasteiger partial charge in [0.25, 0.3) is 0 Å². The Hall–Kier alpha value is -3.25. The highest BCUT2D eigenvalue weighted by atomic mass is 32.2. The van der Waals surface area contributed by atoms with Crippen LogP contribution in [0.25, 0.3) is 0 Å². The lowest BCUT2D eigenvalue weighted by Gasteiger charge is -2.42. The Kier molecular flexibility index (Phi) is 19.0. The van der Waals surface area contributed by atoms with Gasteiger partial charge in [0.1, 0.15) is 24.1 Å². The number of ether oxygens (including phenoxy) is 4. The fourth-order valence-electron chi connectivity index (χ4n) is 6.99. The summed E-state index contributed by atoms with van der Waals surface area (Å²) in [5.74, 6) is 0.429. The van der Waals surface area contributed by atoms with Crippen molar-refractivity contribution in [2.75, 3.05) is 58.5 Å². The van der Waals surface area contributed by atoms with E-state index in [4.69, 9.17) is 23.9 Å². The van der Waals surface area contributed by atoms with Gasteiger partial charge in [-0.3, -0.25) is 14.1 Å². The van der Waals surface area contributed by atoms with Gasteiger partial charge < -0.3 is 29.2 Å². The maximum atomic E-state index is 13.0. The number of nitrogens with one attached hydrogen (secondary N) is 1. The second-order valence-corrected chi connectivity index (χ2v) is 16.9. The van der Waals surface area contributed by atoms with E-state index in [1.165, 1.54) is 56.9 Å². The molecule has 54 heavy (non-hydrogen) atoms. The molecule has 0 bridgehead atoms. The van der Waals surface area contributed by atoms with Crippen molar-refractivity contribution in [1.29, 1.82) is 0 Å². The van der Waals surface area contributed by atoms with Crippen LogP contribution in [0.15, 0.2) is 40.7 Å². The maximum absolute atomic E-state index is 13.0. The molecule has 1 N–H and O–H groups in total. The van der Waals surface area contributed by atoms with Crippen LogP contribution in [0.5, 0.6) is 0 Å². The monoisotopic (exact) mass is 771 g/mol. The third-order valence-electron chi connectivity index (χ3n) is 10.4. The Morgan fingerprint density at radius 3 is 1.98 bits per heavy atom. The first kappa shape index (κ1) is 43.5. The van der Waals surface area contributed by atoms with Crippen molar-refractivity contribution in [3.63, 3.8) is 0 Å². The molecule has 1 unspecified atom stereocenters. The number of nitrogens with zero attached hydrogens (tertiary/aromatic N) is 3. The molecule has 3 aliphatic heterocycles. The molecule has 2 saturated heterocycles. The van der Waals surface area contributed by atoms with E-state index in [-0.39, 0.29) is 31.9 Å². The molecule has 0 aromatic heterocycles. The average molecular weight is 772 g/mol. The molecule has 12 heteroatoms. The van der Waals surface area contributed by atoms with Gasteiger partial charge in [-0.05, 0) is 31.4 Å². The van der Waals surface area contributed by atoms with Crippen molar-refractivity contribution >= 4 is 46.3 Å². The predicted octanol–water partition coefficient (Wildman–Crippen LogP) is 9.49. The summed E-state index contributed by atoms with van der Waals surface area (Å²) in [6, 6.07) is 8.16. The first-order valence-corrected chi connectivity index (χ1v) is 21.7. The van der Waals surface area contributed by atoms with Crippen LogP contribution >= 0.6 is 11.8 Å². The molecule has 1 aromatic carbocycles. The van der Waals surface area contributed by atoms with Gasteiger partial charge in [0.2, 0.25) is 6.73 Å². The number of quaternary nitrogens is 1. The zero-order valence-electron chi connectivity index (χ0n) is 33.5. The Labute approximate surface area is 328 Å². The van der Waals surface area contributed by atoms with Crippen molar-refractivity contribution in [2.45, 2.75) is 141 Å². The fourth-order valence-corrected chi connectivity index (χ4v) is 8.10. The highest BCUT2D eigenvalue weighted by molar-refractivity contribution is 8.15. The number of aliphatic imine (C=N–C) groups is 1. The second-order valence-electron chi connectivity index (χ2n) is 15.4. The van der Waals surface area contributed by atoms with E-state index in [0.29, 0.717) is 22.6 Å². The second kappa shape index (κ2) is 23.6. The quantitative estimate of drug-likeness (QED) is 0.0472. The summed E-state index contributed by atoms with van der Waals surface area (Å²) in [6.07, 6.45) is 15.2. The lowest BCUT2D eigenvalue weighted by Crippen LogP contribution is -2.58. The molecule has 0 saturated carbocycles. The molecule has 0 spiro atoms. The number of para-hydroxylation sites is 2. The summed E-state index contributed by atoms with van der Waals surface area (Å²) in [6.45, 7) is 9.48. The van der Waals surface area contributed by atoms with Crippen molar-refractivity contribution < 1.29 is 37.8 Å². The molecule has 3 heterocycles. The molecule has 0 radical (unpaired) electrons. The van der Waals surface area contributed by atoms with Crippen molar-refractivity contribution in [3.05, 3.63) is 35.7 Å². The number of rotatable bonds is 24. The number of fused-ring (bicyclic) bond motifs is 2. The number of anilines is 1. The van der Waals surface area contributed by atoms with E-state index < -0.39 is 12.3 Å². The van der Waals surface area contributed by atoms with Gasteiger partial charge >= 0.3 is 18.1 Å². The molecule has 11 nitrogen and oxygen atoms in total. The van der Waals surface area contributed by atoms with Gasteiger partial charge in [-0.25, -0.2) is 9.79 Å². The van der Waals surface area contributed by atoms with E-state index in [9.17, 15) is 14.4 Å². The van der Waals surface area contributed by atoms with Crippen LogP contribution in [0.1, 0.15) is 130 Å². The number of benzene rings is 1. The Morgan fingerprint density at radius 2 is 1.39 bits per heavy atom. The van der Waals surface area contributed by atoms with Crippen molar-refractivity contribution in [3.8, 4) is 0 Å². The van der Waals surface area contributed by atoms with E-state index >= 15 is 0 Å². The number of carbonyl (C=O) groups excluding carboxylic acids is 3. The van der Waals surface area contributed by atoms with Crippen LogP contribution in [0.3, 0.4) is 0 Å². The first-order chi connectivity index (χ1) is 26.2. The number of piperazine rings is 1. The van der Waals surface area contributed by atoms with Gasteiger partial charge in [0.05, 0.1) is 44.6 Å². The summed E-state index contributed by atoms with van der Waals surface area (Å²) in [7, 11) is 2.08. The van der Waals surface area contributed by atoms with Gasteiger partial charge in [-0.15, -0.1) is 11.8 Å². The van der Waals surface area contributed by atoms with Crippen molar-refractivity contribution in [1.82, 2.24) is 4.90 Å². The first-order valence-electron chi connectivity index (χ1n) is 20.8. The van der Waals surface area contributed by atoms with Crippen LogP contribution in [0.2, 0.25) is 0 Å². The summed E-state index contributed by atoms with van der Waals surface area (Å²) in [5, 5.41) is 5.26. The van der Waals surface area contributed by atoms with Crippen LogP contribution < -0.4 is 5.32 Å². The summed E-state index contributed by atoms with van der Waals surface area (Å²) >= 11 is 1.83. The highest BCUT2D eigenvalue weighted by Crippen LogP contribution is 2.42.